The Morgan fingerprint density at radius 2 is 1.84 bits per heavy atom. The van der Waals surface area contributed by atoms with E-state index < -0.39 is 0 Å². The zero-order valence-electron chi connectivity index (χ0n) is 12.1. The van der Waals surface area contributed by atoms with E-state index in [0.717, 1.165) is 57.6 Å². The molecule has 0 atom stereocenters. The molecule has 0 aromatic rings. The maximum atomic E-state index is 11.6. The van der Waals surface area contributed by atoms with E-state index in [1.165, 1.54) is 6.08 Å². The molecule has 1 fully saturated rings. The largest absolute Gasteiger partial charge is 0.304 e. The van der Waals surface area contributed by atoms with Gasteiger partial charge < -0.3 is 9.80 Å². The third kappa shape index (κ3) is 5.99. The minimum absolute atomic E-state index is 0.0273. The van der Waals surface area contributed by atoms with Crippen LogP contribution in [0.25, 0.3) is 0 Å². The Kier molecular flexibility index (Phi) is 7.38. The number of allylic oxidation sites excluding steroid dienone is 4. The first-order valence-corrected chi connectivity index (χ1v) is 7.06. The van der Waals surface area contributed by atoms with E-state index in [0.29, 0.717) is 0 Å². The summed E-state index contributed by atoms with van der Waals surface area (Å²) in [5.74, 6) is 0.0273. The van der Waals surface area contributed by atoms with Gasteiger partial charge in [-0.25, -0.2) is 0 Å². The molecule has 0 amide bonds. The zero-order valence-corrected chi connectivity index (χ0v) is 12.1. The SMILES string of the molecule is C=C/C=C(\CCCCN1CCN(C)CC1)C(=O)C=C. The second-order valence-corrected chi connectivity index (χ2v) is 5.10. The van der Waals surface area contributed by atoms with E-state index in [1.54, 1.807) is 12.2 Å². The first kappa shape index (κ1) is 15.9. The average Bonchev–Trinajstić information content (AvgIpc) is 2.43. The molecule has 1 heterocycles. The molecular weight excluding hydrogens is 236 g/mol. The second-order valence-electron chi connectivity index (χ2n) is 5.10. The highest BCUT2D eigenvalue weighted by molar-refractivity contribution is 6.03. The fraction of sp³-hybridized carbons (Fsp3) is 0.562. The molecule has 19 heavy (non-hydrogen) atoms. The molecular formula is C16H26N2O. The third-order valence-electron chi connectivity index (χ3n) is 3.59. The van der Waals surface area contributed by atoms with Crippen LogP contribution in [0.5, 0.6) is 0 Å². The van der Waals surface area contributed by atoms with Gasteiger partial charge in [-0.3, -0.25) is 4.79 Å². The summed E-state index contributed by atoms with van der Waals surface area (Å²) in [6.07, 6.45) is 7.88. The molecule has 0 aromatic carbocycles. The molecule has 0 spiro atoms. The maximum absolute atomic E-state index is 11.6. The number of carbonyl (C=O) groups is 1. The van der Waals surface area contributed by atoms with E-state index >= 15 is 0 Å². The predicted molar refractivity (Wildman–Crippen MR) is 81.3 cm³/mol. The van der Waals surface area contributed by atoms with Gasteiger partial charge >= 0.3 is 0 Å². The molecule has 0 aromatic heterocycles. The van der Waals surface area contributed by atoms with Crippen molar-refractivity contribution in [2.45, 2.75) is 19.3 Å². The van der Waals surface area contributed by atoms with Crippen LogP contribution in [0.15, 0.2) is 37.0 Å². The van der Waals surface area contributed by atoms with Crippen LogP contribution < -0.4 is 0 Å². The summed E-state index contributed by atoms with van der Waals surface area (Å²) in [5.41, 5.74) is 0.823. The highest BCUT2D eigenvalue weighted by Crippen LogP contribution is 2.11. The van der Waals surface area contributed by atoms with Crippen LogP contribution in [0.2, 0.25) is 0 Å². The number of ketones is 1. The summed E-state index contributed by atoms with van der Waals surface area (Å²) < 4.78 is 0. The van der Waals surface area contributed by atoms with E-state index in [-0.39, 0.29) is 5.78 Å². The minimum atomic E-state index is 0.0273. The molecule has 0 radical (unpaired) electrons. The lowest BCUT2D eigenvalue weighted by Gasteiger charge is -2.32. The van der Waals surface area contributed by atoms with Crippen molar-refractivity contribution in [3.63, 3.8) is 0 Å². The lowest BCUT2D eigenvalue weighted by Crippen LogP contribution is -2.44. The fourth-order valence-electron chi connectivity index (χ4n) is 2.28. The van der Waals surface area contributed by atoms with Crippen LogP contribution in [-0.4, -0.2) is 55.4 Å². The van der Waals surface area contributed by atoms with Crippen LogP contribution in [-0.2, 0) is 4.79 Å². The van der Waals surface area contributed by atoms with E-state index in [1.807, 2.05) is 0 Å². The van der Waals surface area contributed by atoms with Gasteiger partial charge in [0.05, 0.1) is 0 Å². The molecule has 106 valence electrons. The third-order valence-corrected chi connectivity index (χ3v) is 3.59. The average molecular weight is 262 g/mol. The van der Waals surface area contributed by atoms with Crippen molar-refractivity contribution in [2.24, 2.45) is 0 Å². The number of hydrogen-bond acceptors (Lipinski definition) is 3. The van der Waals surface area contributed by atoms with Crippen molar-refractivity contribution in [1.82, 2.24) is 9.80 Å². The lowest BCUT2D eigenvalue weighted by molar-refractivity contribution is -0.111. The number of carbonyl (C=O) groups excluding carboxylic acids is 1. The summed E-state index contributed by atoms with van der Waals surface area (Å²) in [6.45, 7) is 13.0. The van der Waals surface area contributed by atoms with Gasteiger partial charge in [0.25, 0.3) is 0 Å². The Morgan fingerprint density at radius 3 is 2.42 bits per heavy atom. The van der Waals surface area contributed by atoms with E-state index in [2.05, 4.69) is 30.0 Å². The van der Waals surface area contributed by atoms with Crippen molar-refractivity contribution in [3.05, 3.63) is 37.0 Å². The van der Waals surface area contributed by atoms with Gasteiger partial charge in [-0.05, 0) is 44.5 Å². The summed E-state index contributed by atoms with van der Waals surface area (Å²) in [4.78, 5) is 16.5. The molecule has 0 unspecified atom stereocenters. The zero-order chi connectivity index (χ0) is 14.1. The van der Waals surface area contributed by atoms with Crippen molar-refractivity contribution in [2.75, 3.05) is 39.8 Å². The van der Waals surface area contributed by atoms with Crippen molar-refractivity contribution in [1.29, 1.82) is 0 Å². The summed E-state index contributed by atoms with van der Waals surface area (Å²) in [5, 5.41) is 0. The first-order chi connectivity index (χ1) is 9.17. The second kappa shape index (κ2) is 8.83. The van der Waals surface area contributed by atoms with Crippen LogP contribution >= 0.6 is 0 Å². The van der Waals surface area contributed by atoms with Gasteiger partial charge in [-0.15, -0.1) is 0 Å². The molecule has 3 nitrogen and oxygen atoms in total. The summed E-state index contributed by atoms with van der Waals surface area (Å²) in [7, 11) is 2.17. The van der Waals surface area contributed by atoms with Gasteiger partial charge in [-0.1, -0.05) is 25.3 Å². The molecule has 1 aliphatic heterocycles. The number of rotatable bonds is 8. The van der Waals surface area contributed by atoms with Gasteiger partial charge in [-0.2, -0.15) is 0 Å². The first-order valence-electron chi connectivity index (χ1n) is 7.06. The summed E-state index contributed by atoms with van der Waals surface area (Å²) in [6, 6.07) is 0. The Hall–Kier alpha value is -1.19. The van der Waals surface area contributed by atoms with Gasteiger partial charge in [0.15, 0.2) is 5.78 Å². The highest BCUT2D eigenvalue weighted by atomic mass is 16.1. The number of likely N-dealkylation sites (N-methyl/N-ethyl adjacent to an activating group) is 1. The van der Waals surface area contributed by atoms with Gasteiger partial charge in [0, 0.05) is 26.2 Å². The number of nitrogens with zero attached hydrogens (tertiary/aromatic N) is 2. The van der Waals surface area contributed by atoms with E-state index in [4.69, 9.17) is 0 Å². The molecule has 1 aliphatic rings. The fourth-order valence-corrected chi connectivity index (χ4v) is 2.28. The minimum Gasteiger partial charge on any atom is -0.304 e. The molecule has 0 saturated carbocycles. The van der Waals surface area contributed by atoms with Crippen LogP contribution in [0, 0.1) is 0 Å². The Balaban J connectivity index is 2.22. The Bertz CT molecular complexity index is 339. The monoisotopic (exact) mass is 262 g/mol. The molecule has 0 N–H and O–H groups in total. The Morgan fingerprint density at radius 1 is 1.16 bits per heavy atom. The van der Waals surface area contributed by atoms with E-state index in [9.17, 15) is 4.79 Å². The molecule has 3 heteroatoms. The van der Waals surface area contributed by atoms with Crippen molar-refractivity contribution >= 4 is 5.78 Å². The number of unbranched alkanes of at least 4 members (excludes halogenated alkanes) is 1. The number of hydrogen-bond donors (Lipinski definition) is 0. The van der Waals surface area contributed by atoms with Gasteiger partial charge in [0.1, 0.15) is 0 Å². The highest BCUT2D eigenvalue weighted by Gasteiger charge is 2.13. The normalized spacial score (nSPS) is 18.3. The summed E-state index contributed by atoms with van der Waals surface area (Å²) >= 11 is 0. The van der Waals surface area contributed by atoms with Gasteiger partial charge in [0.2, 0.25) is 0 Å². The van der Waals surface area contributed by atoms with Crippen LogP contribution in [0.4, 0.5) is 0 Å². The molecule has 1 rings (SSSR count). The lowest BCUT2D eigenvalue weighted by atomic mass is 10.0. The Labute approximate surface area is 117 Å². The topological polar surface area (TPSA) is 23.6 Å². The maximum Gasteiger partial charge on any atom is 0.181 e. The standard InChI is InChI=1S/C16H26N2O/c1-4-8-15(16(19)5-2)9-6-7-10-18-13-11-17(3)12-14-18/h4-5,8H,1-2,6-7,9-14H2,3H3/b15-8+. The van der Waals surface area contributed by atoms with Crippen LogP contribution in [0.3, 0.4) is 0 Å². The molecule has 0 aliphatic carbocycles. The molecule has 0 bridgehead atoms. The predicted octanol–water partition coefficient (Wildman–Crippen LogP) is 2.27. The van der Waals surface area contributed by atoms with Crippen molar-refractivity contribution < 1.29 is 4.79 Å². The van der Waals surface area contributed by atoms with Crippen LogP contribution in [0.1, 0.15) is 19.3 Å². The quantitative estimate of drug-likeness (QED) is 0.381. The molecule has 1 saturated heterocycles. The number of piperazine rings is 1. The smallest absolute Gasteiger partial charge is 0.181 e. The van der Waals surface area contributed by atoms with Crippen molar-refractivity contribution in [3.8, 4) is 0 Å².